The molecule has 9 heteroatoms. The number of hydrogen-bond donors (Lipinski definition) is 1. The molecule has 4 heterocycles. The van der Waals surface area contributed by atoms with Crippen molar-refractivity contribution in [1.82, 2.24) is 19.8 Å². The van der Waals surface area contributed by atoms with Gasteiger partial charge in [0.2, 0.25) is 5.95 Å². The van der Waals surface area contributed by atoms with Gasteiger partial charge in [-0.3, -0.25) is 4.90 Å². The molecule has 0 amide bonds. The summed E-state index contributed by atoms with van der Waals surface area (Å²) in [7, 11) is 4.14. The van der Waals surface area contributed by atoms with E-state index in [9.17, 15) is 5.11 Å². The van der Waals surface area contributed by atoms with Crippen LogP contribution in [-0.4, -0.2) is 90.3 Å². The van der Waals surface area contributed by atoms with Crippen molar-refractivity contribution in [2.75, 3.05) is 63.2 Å². The zero-order chi connectivity index (χ0) is 26.1. The lowest BCUT2D eigenvalue weighted by molar-refractivity contribution is 0.245. The molecule has 2 atom stereocenters. The van der Waals surface area contributed by atoms with Crippen LogP contribution in [0.5, 0.6) is 5.75 Å². The van der Waals surface area contributed by atoms with Gasteiger partial charge < -0.3 is 19.8 Å². The minimum absolute atomic E-state index is 0.0627. The van der Waals surface area contributed by atoms with Crippen molar-refractivity contribution in [1.29, 1.82) is 0 Å². The van der Waals surface area contributed by atoms with Crippen LogP contribution in [0, 0.1) is 5.82 Å². The van der Waals surface area contributed by atoms with Crippen LogP contribution in [0.25, 0.3) is 32.8 Å². The average Bonchev–Trinajstić information content (AvgIpc) is 3.23. The second-order valence-corrected chi connectivity index (χ2v) is 11.4. The molecule has 196 valence electrons. The number of aromatic hydroxyl groups is 1. The zero-order valence-electron chi connectivity index (χ0n) is 21.5. The molecule has 7 rings (SSSR count). The molecular weight excluding hydrogens is 503 g/mol. The highest BCUT2D eigenvalue weighted by atomic mass is 35.5. The number of likely N-dealkylation sites (N-methyl/N-ethyl adjacent to an activating group) is 1. The van der Waals surface area contributed by atoms with Crippen molar-refractivity contribution in [3.8, 4) is 16.9 Å². The van der Waals surface area contributed by atoms with E-state index in [1.165, 1.54) is 0 Å². The number of fused-ring (bicyclic) bond motifs is 4. The second-order valence-electron chi connectivity index (χ2n) is 11.0. The molecule has 3 aromatic carbocycles. The monoisotopic (exact) mass is 532 g/mol. The number of aromatic nitrogens is 2. The number of nitrogens with zero attached hydrogens (tertiary/aromatic N) is 6. The third-order valence-corrected chi connectivity index (χ3v) is 8.76. The third-order valence-electron chi connectivity index (χ3n) is 8.46. The van der Waals surface area contributed by atoms with Crippen LogP contribution >= 0.6 is 11.6 Å². The van der Waals surface area contributed by atoms with Crippen LogP contribution in [0.2, 0.25) is 5.02 Å². The molecule has 0 saturated carbocycles. The van der Waals surface area contributed by atoms with Crippen LogP contribution in [0.1, 0.15) is 6.42 Å². The fourth-order valence-corrected chi connectivity index (χ4v) is 6.50. The maximum atomic E-state index is 16.7. The van der Waals surface area contributed by atoms with E-state index in [-0.39, 0.29) is 21.9 Å². The smallest absolute Gasteiger partial charge is 0.228 e. The van der Waals surface area contributed by atoms with Crippen molar-refractivity contribution in [2.24, 2.45) is 0 Å². The van der Waals surface area contributed by atoms with Crippen LogP contribution in [0.3, 0.4) is 0 Å². The number of halogens is 2. The first-order valence-corrected chi connectivity index (χ1v) is 13.6. The summed E-state index contributed by atoms with van der Waals surface area (Å²) in [5.74, 6) is 0.896. The van der Waals surface area contributed by atoms with Gasteiger partial charge in [-0.2, -0.15) is 4.98 Å². The molecule has 7 nitrogen and oxygen atoms in total. The number of hydrogen-bond acceptors (Lipinski definition) is 7. The lowest BCUT2D eigenvalue weighted by Gasteiger charge is -2.43. The topological polar surface area (TPSA) is 59.0 Å². The van der Waals surface area contributed by atoms with Gasteiger partial charge >= 0.3 is 0 Å². The van der Waals surface area contributed by atoms with Crippen molar-refractivity contribution in [3.05, 3.63) is 53.3 Å². The molecule has 3 saturated heterocycles. The summed E-state index contributed by atoms with van der Waals surface area (Å²) >= 11 is 6.86. The molecule has 0 radical (unpaired) electrons. The van der Waals surface area contributed by atoms with Crippen LogP contribution in [0.4, 0.5) is 16.2 Å². The van der Waals surface area contributed by atoms with E-state index in [0.717, 1.165) is 62.3 Å². The molecule has 3 fully saturated rings. The maximum absolute atomic E-state index is 16.7. The van der Waals surface area contributed by atoms with Gasteiger partial charge in [-0.1, -0.05) is 35.9 Å². The van der Waals surface area contributed by atoms with Crippen LogP contribution < -0.4 is 9.80 Å². The van der Waals surface area contributed by atoms with Gasteiger partial charge in [-0.15, -0.1) is 0 Å². The Hall–Kier alpha value is -3.20. The van der Waals surface area contributed by atoms with Gasteiger partial charge in [-0.25, -0.2) is 9.37 Å². The van der Waals surface area contributed by atoms with Gasteiger partial charge in [0.05, 0.1) is 5.02 Å². The average molecular weight is 533 g/mol. The third kappa shape index (κ3) is 3.77. The maximum Gasteiger partial charge on any atom is 0.228 e. The summed E-state index contributed by atoms with van der Waals surface area (Å²) in [5, 5.41) is 13.0. The van der Waals surface area contributed by atoms with Gasteiger partial charge in [0, 0.05) is 62.3 Å². The van der Waals surface area contributed by atoms with Gasteiger partial charge in [0.15, 0.2) is 5.82 Å². The first-order valence-electron chi connectivity index (χ1n) is 13.2. The first kappa shape index (κ1) is 23.9. The highest BCUT2D eigenvalue weighted by Crippen LogP contribution is 2.43. The predicted molar refractivity (Wildman–Crippen MR) is 151 cm³/mol. The Bertz CT molecular complexity index is 1570. The normalized spacial score (nSPS) is 21.6. The predicted octanol–water partition coefficient (Wildman–Crippen LogP) is 4.59. The number of phenols is 1. The fourth-order valence-electron chi connectivity index (χ4n) is 6.20. The number of rotatable bonds is 4. The van der Waals surface area contributed by atoms with Crippen molar-refractivity contribution in [2.45, 2.75) is 18.5 Å². The van der Waals surface area contributed by atoms with Crippen molar-refractivity contribution >= 4 is 45.0 Å². The minimum Gasteiger partial charge on any atom is -0.508 e. The minimum atomic E-state index is -0.483. The molecule has 1 N–H and O–H groups in total. The summed E-state index contributed by atoms with van der Waals surface area (Å²) in [6, 6.07) is 13.4. The van der Waals surface area contributed by atoms with E-state index >= 15 is 4.39 Å². The van der Waals surface area contributed by atoms with E-state index in [0.29, 0.717) is 29.0 Å². The highest BCUT2D eigenvalue weighted by molar-refractivity contribution is 6.35. The SMILES string of the molecule is CN(C)C1CN(c2nc(N3CC[N@@]4CC[C@@H]3C4)c3cc(Cl)c(-c4cc(O)cc5ccccc45)c(F)c3n2)C1. The summed E-state index contributed by atoms with van der Waals surface area (Å²) in [6.45, 7) is 5.49. The van der Waals surface area contributed by atoms with Crippen molar-refractivity contribution < 1.29 is 9.50 Å². The lowest BCUT2D eigenvalue weighted by atomic mass is 9.96. The summed E-state index contributed by atoms with van der Waals surface area (Å²) in [4.78, 5) is 19.0. The zero-order valence-corrected chi connectivity index (χ0v) is 22.3. The Balaban J connectivity index is 1.44. The Labute approximate surface area is 226 Å². The second kappa shape index (κ2) is 8.93. The number of anilines is 2. The Morgan fingerprint density at radius 2 is 1.82 bits per heavy atom. The van der Waals surface area contributed by atoms with E-state index in [4.69, 9.17) is 21.6 Å². The van der Waals surface area contributed by atoms with E-state index < -0.39 is 5.82 Å². The number of phenolic OH excluding ortho intramolecular Hbond substituents is 1. The molecule has 3 aliphatic heterocycles. The van der Waals surface area contributed by atoms with E-state index in [1.54, 1.807) is 12.1 Å². The largest absolute Gasteiger partial charge is 0.508 e. The molecule has 0 aliphatic carbocycles. The van der Waals surface area contributed by atoms with Crippen LogP contribution in [-0.2, 0) is 0 Å². The molecule has 0 unspecified atom stereocenters. The molecule has 4 aromatic rings. The quantitative estimate of drug-likeness (QED) is 0.412. The van der Waals surface area contributed by atoms with Gasteiger partial charge in [0.25, 0.3) is 0 Å². The highest BCUT2D eigenvalue weighted by Gasteiger charge is 2.36. The molecule has 38 heavy (non-hydrogen) atoms. The Morgan fingerprint density at radius 3 is 2.63 bits per heavy atom. The summed E-state index contributed by atoms with van der Waals surface area (Å²) < 4.78 is 16.7. The fraction of sp³-hybridized carbons (Fsp3) is 0.379. The standard InChI is InChI=1S/C29H30ClFN6O/c1-34(2)19-15-36(16-19)29-32-27-23(28(33-29)37-10-9-35-8-7-18(37)14-35)13-24(30)25(26(27)31)22-12-20(38)11-17-5-3-4-6-21(17)22/h3-6,11-13,18-19,38H,7-10,14-16H2,1-2H3/t18-/m1/s1. The number of piperazine rings is 1. The Kier molecular flexibility index (Phi) is 5.61. The Morgan fingerprint density at radius 1 is 1.00 bits per heavy atom. The first-order chi connectivity index (χ1) is 18.4. The lowest BCUT2D eigenvalue weighted by Crippen LogP contribution is -2.58. The summed E-state index contributed by atoms with van der Waals surface area (Å²) in [6.07, 6.45) is 1.07. The van der Waals surface area contributed by atoms with E-state index in [1.807, 2.05) is 30.3 Å². The van der Waals surface area contributed by atoms with Gasteiger partial charge in [0.1, 0.15) is 17.1 Å². The molecule has 0 spiro atoms. The number of benzene rings is 3. The molecule has 2 bridgehead atoms. The van der Waals surface area contributed by atoms with E-state index in [2.05, 4.69) is 33.7 Å². The van der Waals surface area contributed by atoms with Crippen LogP contribution in [0.15, 0.2) is 42.5 Å². The van der Waals surface area contributed by atoms with Crippen molar-refractivity contribution in [3.63, 3.8) is 0 Å². The summed E-state index contributed by atoms with van der Waals surface area (Å²) in [5.41, 5.74) is 1.07. The molecule has 1 aromatic heterocycles. The molecular formula is C29H30ClFN6O. The van der Waals surface area contributed by atoms with Gasteiger partial charge in [-0.05, 0) is 55.1 Å². The molecule has 3 aliphatic rings.